The Morgan fingerprint density at radius 2 is 2.00 bits per heavy atom. The van der Waals surface area contributed by atoms with Crippen LogP contribution in [-0.2, 0) is 6.54 Å². The number of anilines is 2. The van der Waals surface area contributed by atoms with Gasteiger partial charge in [-0.2, -0.15) is 4.98 Å². The minimum atomic E-state index is -0.577. The Hall–Kier alpha value is -3.27. The van der Waals surface area contributed by atoms with E-state index in [-0.39, 0.29) is 11.5 Å². The van der Waals surface area contributed by atoms with Crippen molar-refractivity contribution in [3.63, 3.8) is 0 Å². The Bertz CT molecular complexity index is 915. The van der Waals surface area contributed by atoms with Crippen LogP contribution in [0, 0.1) is 10.1 Å². The number of hydrogen-bond acceptors (Lipinski definition) is 8. The van der Waals surface area contributed by atoms with E-state index < -0.39 is 4.92 Å². The monoisotopic (exact) mass is 354 g/mol. The van der Waals surface area contributed by atoms with Crippen molar-refractivity contribution in [3.8, 4) is 0 Å². The zero-order valence-electron chi connectivity index (χ0n) is 14.0. The van der Waals surface area contributed by atoms with Crippen LogP contribution in [0.25, 0.3) is 5.65 Å². The van der Waals surface area contributed by atoms with Crippen LogP contribution >= 0.6 is 0 Å². The molecule has 3 aromatic heterocycles. The number of nitrogens with two attached hydrogens (primary N) is 1. The predicted octanol–water partition coefficient (Wildman–Crippen LogP) is 0.937. The zero-order chi connectivity index (χ0) is 18.1. The molecule has 0 unspecified atom stereocenters. The first-order valence-corrected chi connectivity index (χ1v) is 8.27. The number of imidazole rings is 1. The van der Waals surface area contributed by atoms with Crippen molar-refractivity contribution in [2.75, 3.05) is 36.8 Å². The van der Waals surface area contributed by atoms with E-state index in [4.69, 9.17) is 5.73 Å². The van der Waals surface area contributed by atoms with Gasteiger partial charge in [-0.05, 0) is 12.1 Å². The van der Waals surface area contributed by atoms with Crippen LogP contribution in [0.3, 0.4) is 0 Å². The summed E-state index contributed by atoms with van der Waals surface area (Å²) in [5.74, 6) is 0.326. The Morgan fingerprint density at radius 3 is 2.69 bits per heavy atom. The number of rotatable bonds is 4. The lowest BCUT2D eigenvalue weighted by Gasteiger charge is -2.34. The van der Waals surface area contributed by atoms with Crippen molar-refractivity contribution < 1.29 is 4.92 Å². The molecule has 1 aliphatic heterocycles. The van der Waals surface area contributed by atoms with Crippen LogP contribution in [0.1, 0.15) is 5.69 Å². The van der Waals surface area contributed by atoms with Gasteiger partial charge in [-0.25, -0.2) is 9.97 Å². The molecule has 1 fully saturated rings. The number of aromatic nitrogens is 4. The average molecular weight is 354 g/mol. The summed E-state index contributed by atoms with van der Waals surface area (Å²) in [6.07, 6.45) is 5.20. The van der Waals surface area contributed by atoms with E-state index in [1.54, 1.807) is 0 Å². The maximum absolute atomic E-state index is 10.8. The molecule has 134 valence electrons. The normalized spacial score (nSPS) is 15.5. The van der Waals surface area contributed by atoms with E-state index in [0.29, 0.717) is 5.95 Å². The molecule has 0 radical (unpaired) electrons. The Morgan fingerprint density at radius 1 is 1.19 bits per heavy atom. The van der Waals surface area contributed by atoms with Gasteiger partial charge in [0.2, 0.25) is 11.8 Å². The first-order chi connectivity index (χ1) is 12.6. The summed E-state index contributed by atoms with van der Waals surface area (Å²) < 4.78 is 2.01. The molecule has 10 nitrogen and oxygen atoms in total. The molecule has 0 bridgehead atoms. The molecule has 3 aromatic rings. The van der Waals surface area contributed by atoms with E-state index in [2.05, 4.69) is 19.9 Å². The summed E-state index contributed by atoms with van der Waals surface area (Å²) >= 11 is 0. The van der Waals surface area contributed by atoms with Gasteiger partial charge in [-0.1, -0.05) is 6.07 Å². The highest BCUT2D eigenvalue weighted by Crippen LogP contribution is 2.21. The van der Waals surface area contributed by atoms with E-state index in [1.165, 1.54) is 6.20 Å². The van der Waals surface area contributed by atoms with Gasteiger partial charge < -0.3 is 15.0 Å². The van der Waals surface area contributed by atoms with E-state index in [9.17, 15) is 10.1 Å². The minimum Gasteiger partial charge on any atom is -0.378 e. The van der Waals surface area contributed by atoms with Gasteiger partial charge in [0.15, 0.2) is 0 Å². The number of nitro groups is 1. The lowest BCUT2D eigenvalue weighted by atomic mass is 10.3. The van der Waals surface area contributed by atoms with Gasteiger partial charge in [0.25, 0.3) is 0 Å². The molecular formula is C16H18N8O2. The van der Waals surface area contributed by atoms with Crippen molar-refractivity contribution in [1.82, 2.24) is 24.3 Å². The molecule has 0 saturated carbocycles. The lowest BCUT2D eigenvalue weighted by molar-refractivity contribution is -0.384. The lowest BCUT2D eigenvalue weighted by Crippen LogP contribution is -2.46. The molecule has 26 heavy (non-hydrogen) atoms. The number of hydrogen-bond donors (Lipinski definition) is 1. The van der Waals surface area contributed by atoms with Gasteiger partial charge in [0, 0.05) is 45.1 Å². The SMILES string of the molecule is Nc1nc(N2CCN(Cc3cn4ccccc4n3)CC2)ncc1[N+](=O)[O-]. The van der Waals surface area contributed by atoms with Gasteiger partial charge in [-0.15, -0.1) is 0 Å². The maximum Gasteiger partial charge on any atom is 0.329 e. The summed E-state index contributed by atoms with van der Waals surface area (Å²) in [5, 5.41) is 10.8. The smallest absolute Gasteiger partial charge is 0.329 e. The highest BCUT2D eigenvalue weighted by molar-refractivity contribution is 5.53. The molecule has 0 atom stereocenters. The third-order valence-electron chi connectivity index (χ3n) is 4.44. The van der Waals surface area contributed by atoms with E-state index in [1.807, 2.05) is 39.9 Å². The fraction of sp³-hybridized carbons (Fsp3) is 0.312. The van der Waals surface area contributed by atoms with Crippen molar-refractivity contribution in [2.24, 2.45) is 0 Å². The van der Waals surface area contributed by atoms with Crippen LogP contribution < -0.4 is 10.6 Å². The highest BCUT2D eigenvalue weighted by atomic mass is 16.6. The molecule has 4 heterocycles. The maximum atomic E-state index is 10.8. The Balaban J connectivity index is 1.39. The van der Waals surface area contributed by atoms with Gasteiger partial charge in [-0.3, -0.25) is 15.0 Å². The number of piperazine rings is 1. The highest BCUT2D eigenvalue weighted by Gasteiger charge is 2.22. The second kappa shape index (κ2) is 6.56. The molecule has 10 heteroatoms. The largest absolute Gasteiger partial charge is 0.378 e. The molecule has 0 aromatic carbocycles. The quantitative estimate of drug-likeness (QED) is 0.543. The van der Waals surface area contributed by atoms with Crippen molar-refractivity contribution in [1.29, 1.82) is 0 Å². The van der Waals surface area contributed by atoms with Gasteiger partial charge >= 0.3 is 5.69 Å². The average Bonchev–Trinajstić information content (AvgIpc) is 3.04. The molecule has 0 spiro atoms. The number of nitrogen functional groups attached to an aromatic ring is 1. The molecule has 1 aliphatic rings. The van der Waals surface area contributed by atoms with Gasteiger partial charge in [0.05, 0.1) is 10.6 Å². The summed E-state index contributed by atoms with van der Waals surface area (Å²) in [7, 11) is 0. The number of pyridine rings is 1. The minimum absolute atomic E-state index is 0.105. The van der Waals surface area contributed by atoms with Crippen molar-refractivity contribution in [3.05, 3.63) is 52.6 Å². The summed E-state index contributed by atoms with van der Waals surface area (Å²) in [6.45, 7) is 3.89. The second-order valence-corrected chi connectivity index (χ2v) is 6.16. The molecule has 0 aliphatic carbocycles. The third kappa shape index (κ3) is 3.14. The predicted molar refractivity (Wildman–Crippen MR) is 95.8 cm³/mol. The van der Waals surface area contributed by atoms with Crippen LogP contribution in [0.5, 0.6) is 0 Å². The summed E-state index contributed by atoms with van der Waals surface area (Å²) in [4.78, 5) is 27.3. The number of nitrogens with zero attached hydrogens (tertiary/aromatic N) is 7. The van der Waals surface area contributed by atoms with E-state index >= 15 is 0 Å². The second-order valence-electron chi connectivity index (χ2n) is 6.16. The Labute approximate surface area is 149 Å². The van der Waals surface area contributed by atoms with Crippen LogP contribution in [-0.4, -0.2) is 55.4 Å². The third-order valence-corrected chi connectivity index (χ3v) is 4.44. The fourth-order valence-corrected chi connectivity index (χ4v) is 3.07. The van der Waals surface area contributed by atoms with Crippen LogP contribution in [0.2, 0.25) is 0 Å². The molecule has 1 saturated heterocycles. The first-order valence-electron chi connectivity index (χ1n) is 8.27. The molecule has 4 rings (SSSR count). The summed E-state index contributed by atoms with van der Waals surface area (Å²) in [6, 6.07) is 5.94. The standard InChI is InChI=1S/C16H18N8O2/c17-15-13(24(25)26)9-18-16(20-15)22-7-5-21(6-8-22)10-12-11-23-4-2-1-3-14(23)19-12/h1-4,9,11H,5-8,10H2,(H2,17,18,20). The molecular weight excluding hydrogens is 336 g/mol. The van der Waals surface area contributed by atoms with Crippen molar-refractivity contribution in [2.45, 2.75) is 6.54 Å². The van der Waals surface area contributed by atoms with Crippen molar-refractivity contribution >= 4 is 23.1 Å². The fourth-order valence-electron chi connectivity index (χ4n) is 3.07. The topological polar surface area (TPSA) is 119 Å². The first kappa shape index (κ1) is 16.2. The van der Waals surface area contributed by atoms with Gasteiger partial charge in [0.1, 0.15) is 11.8 Å². The summed E-state index contributed by atoms with van der Waals surface area (Å²) in [5.41, 5.74) is 7.36. The van der Waals surface area contributed by atoms with Crippen LogP contribution in [0.15, 0.2) is 36.8 Å². The number of fused-ring (bicyclic) bond motifs is 1. The van der Waals surface area contributed by atoms with Crippen LogP contribution in [0.4, 0.5) is 17.5 Å². The zero-order valence-corrected chi connectivity index (χ0v) is 14.0. The Kier molecular flexibility index (Phi) is 4.09. The molecule has 2 N–H and O–H groups in total. The van der Waals surface area contributed by atoms with E-state index in [0.717, 1.165) is 44.1 Å². The molecule has 0 amide bonds.